The number of carboxylic acid groups (broad SMARTS) is 1. The molecule has 0 aromatic carbocycles. The van der Waals surface area contributed by atoms with E-state index >= 15 is 0 Å². The molecule has 0 bridgehead atoms. The molecular weight excluding hydrogens is 216 g/mol. The Morgan fingerprint density at radius 3 is 2.27 bits per heavy atom. The second-order valence-corrected chi connectivity index (χ2v) is 6.84. The summed E-state index contributed by atoms with van der Waals surface area (Å²) >= 11 is 0. The Hall–Kier alpha value is -0.580. The van der Waals surface area contributed by atoms with Crippen LogP contribution in [-0.4, -0.2) is 30.5 Å². The molecule has 0 amide bonds. The lowest BCUT2D eigenvalue weighted by Crippen LogP contribution is -2.36. The Morgan fingerprint density at radius 1 is 1.40 bits per heavy atom. The minimum Gasteiger partial charge on any atom is -0.480 e. The molecular formula is C10H18O4S. The highest BCUT2D eigenvalue weighted by Crippen LogP contribution is 2.33. The first-order valence-corrected chi connectivity index (χ1v) is 7.00. The van der Waals surface area contributed by atoms with Gasteiger partial charge in [-0.1, -0.05) is 26.7 Å². The SMILES string of the molecule is CC(C)C(C(=O)O)S(=O)(=O)CCC1CC1. The summed E-state index contributed by atoms with van der Waals surface area (Å²) in [5, 5.41) is 7.64. The first kappa shape index (κ1) is 12.5. The quantitative estimate of drug-likeness (QED) is 0.752. The molecule has 0 spiro atoms. The van der Waals surface area contributed by atoms with E-state index < -0.39 is 21.1 Å². The van der Waals surface area contributed by atoms with E-state index in [0.717, 1.165) is 12.8 Å². The zero-order valence-corrected chi connectivity index (χ0v) is 9.96. The standard InChI is InChI=1S/C10H18O4S/c1-7(2)9(10(11)12)15(13,14)6-5-8-3-4-8/h7-9H,3-6H2,1-2H3,(H,11,12). The van der Waals surface area contributed by atoms with Crippen LogP contribution in [0.3, 0.4) is 0 Å². The average molecular weight is 234 g/mol. The van der Waals surface area contributed by atoms with Gasteiger partial charge in [-0.15, -0.1) is 0 Å². The van der Waals surface area contributed by atoms with Crippen LogP contribution >= 0.6 is 0 Å². The van der Waals surface area contributed by atoms with Gasteiger partial charge in [0.25, 0.3) is 0 Å². The summed E-state index contributed by atoms with van der Waals surface area (Å²) in [6, 6.07) is 0. The van der Waals surface area contributed by atoms with Crippen LogP contribution in [-0.2, 0) is 14.6 Å². The zero-order valence-electron chi connectivity index (χ0n) is 9.14. The van der Waals surface area contributed by atoms with E-state index in [0.29, 0.717) is 12.3 Å². The lowest BCUT2D eigenvalue weighted by atomic mass is 10.1. The number of carbonyl (C=O) groups is 1. The van der Waals surface area contributed by atoms with Gasteiger partial charge in [-0.05, 0) is 18.3 Å². The van der Waals surface area contributed by atoms with E-state index in [-0.39, 0.29) is 11.7 Å². The van der Waals surface area contributed by atoms with Crippen LogP contribution < -0.4 is 0 Å². The Kier molecular flexibility index (Phi) is 3.76. The van der Waals surface area contributed by atoms with Crippen molar-refractivity contribution in [3.8, 4) is 0 Å². The van der Waals surface area contributed by atoms with Crippen LogP contribution in [0, 0.1) is 11.8 Å². The monoisotopic (exact) mass is 234 g/mol. The van der Waals surface area contributed by atoms with Crippen LogP contribution in [0.1, 0.15) is 33.1 Å². The van der Waals surface area contributed by atoms with E-state index in [1.807, 2.05) is 0 Å². The summed E-state index contributed by atoms with van der Waals surface area (Å²) in [6.07, 6.45) is 2.81. The van der Waals surface area contributed by atoms with Gasteiger partial charge in [-0.2, -0.15) is 0 Å². The normalized spacial score (nSPS) is 19.1. The highest BCUT2D eigenvalue weighted by Gasteiger charge is 2.36. The minimum atomic E-state index is -3.48. The zero-order chi connectivity index (χ0) is 11.6. The van der Waals surface area contributed by atoms with Gasteiger partial charge in [-0.3, -0.25) is 4.79 Å². The summed E-state index contributed by atoms with van der Waals surface area (Å²) in [5.41, 5.74) is 0. The molecule has 0 aromatic heterocycles. The predicted molar refractivity (Wildman–Crippen MR) is 57.4 cm³/mol. The van der Waals surface area contributed by atoms with Crippen molar-refractivity contribution in [2.45, 2.75) is 38.4 Å². The molecule has 5 heteroatoms. The Labute approximate surface area is 90.6 Å². The van der Waals surface area contributed by atoms with Gasteiger partial charge in [0, 0.05) is 0 Å². The van der Waals surface area contributed by atoms with Gasteiger partial charge >= 0.3 is 5.97 Å². The number of aliphatic carboxylic acids is 1. The summed E-state index contributed by atoms with van der Waals surface area (Å²) in [5.74, 6) is -1.05. The summed E-state index contributed by atoms with van der Waals surface area (Å²) in [4.78, 5) is 10.9. The number of carboxylic acids is 1. The molecule has 0 aliphatic heterocycles. The van der Waals surface area contributed by atoms with Gasteiger partial charge in [-0.25, -0.2) is 8.42 Å². The number of sulfone groups is 1. The lowest BCUT2D eigenvalue weighted by molar-refractivity contribution is -0.137. The maximum Gasteiger partial charge on any atom is 0.322 e. The van der Waals surface area contributed by atoms with Crippen LogP contribution in [0.5, 0.6) is 0 Å². The molecule has 1 N–H and O–H groups in total. The molecule has 88 valence electrons. The Morgan fingerprint density at radius 2 is 1.93 bits per heavy atom. The molecule has 0 aromatic rings. The third-order valence-corrected chi connectivity index (χ3v) is 5.07. The van der Waals surface area contributed by atoms with E-state index in [1.54, 1.807) is 13.8 Å². The van der Waals surface area contributed by atoms with E-state index in [4.69, 9.17) is 5.11 Å². The summed E-state index contributed by atoms with van der Waals surface area (Å²) in [6.45, 7) is 3.26. The second kappa shape index (κ2) is 4.51. The van der Waals surface area contributed by atoms with Gasteiger partial charge < -0.3 is 5.11 Å². The van der Waals surface area contributed by atoms with Crippen LogP contribution in [0.4, 0.5) is 0 Å². The highest BCUT2D eigenvalue weighted by atomic mass is 32.2. The van der Waals surface area contributed by atoms with Crippen molar-refractivity contribution < 1.29 is 18.3 Å². The van der Waals surface area contributed by atoms with Gasteiger partial charge in [0.05, 0.1) is 5.75 Å². The molecule has 0 heterocycles. The maximum absolute atomic E-state index is 11.8. The number of rotatable bonds is 6. The molecule has 1 atom stereocenters. The largest absolute Gasteiger partial charge is 0.480 e. The first-order valence-electron chi connectivity index (χ1n) is 5.29. The topological polar surface area (TPSA) is 71.4 Å². The maximum atomic E-state index is 11.8. The number of hydrogen-bond acceptors (Lipinski definition) is 3. The second-order valence-electron chi connectivity index (χ2n) is 4.60. The van der Waals surface area contributed by atoms with Crippen molar-refractivity contribution in [2.75, 3.05) is 5.75 Å². The summed E-state index contributed by atoms with van der Waals surface area (Å²) < 4.78 is 23.5. The lowest BCUT2D eigenvalue weighted by Gasteiger charge is -2.16. The van der Waals surface area contributed by atoms with Crippen molar-refractivity contribution in [1.82, 2.24) is 0 Å². The first-order chi connectivity index (χ1) is 6.84. The van der Waals surface area contributed by atoms with Crippen molar-refractivity contribution in [1.29, 1.82) is 0 Å². The van der Waals surface area contributed by atoms with E-state index in [9.17, 15) is 13.2 Å². The fourth-order valence-corrected chi connectivity index (χ4v) is 3.77. The van der Waals surface area contributed by atoms with Gasteiger partial charge in [0.15, 0.2) is 15.1 Å². The van der Waals surface area contributed by atoms with Crippen LogP contribution in [0.25, 0.3) is 0 Å². The molecule has 4 nitrogen and oxygen atoms in total. The molecule has 0 radical (unpaired) electrons. The summed E-state index contributed by atoms with van der Waals surface area (Å²) in [7, 11) is -3.48. The molecule has 1 unspecified atom stereocenters. The Bertz CT molecular complexity index is 327. The number of hydrogen-bond donors (Lipinski definition) is 1. The van der Waals surface area contributed by atoms with Gasteiger partial charge in [0.1, 0.15) is 0 Å². The minimum absolute atomic E-state index is 0.0206. The fraction of sp³-hybridized carbons (Fsp3) is 0.900. The molecule has 1 aliphatic carbocycles. The van der Waals surface area contributed by atoms with Crippen LogP contribution in [0.15, 0.2) is 0 Å². The smallest absolute Gasteiger partial charge is 0.322 e. The third kappa shape index (κ3) is 3.48. The molecule has 1 fully saturated rings. The van der Waals surface area contributed by atoms with Gasteiger partial charge in [0.2, 0.25) is 0 Å². The molecule has 0 saturated heterocycles. The van der Waals surface area contributed by atoms with Crippen molar-refractivity contribution >= 4 is 15.8 Å². The highest BCUT2D eigenvalue weighted by molar-refractivity contribution is 7.92. The van der Waals surface area contributed by atoms with Crippen molar-refractivity contribution in [3.05, 3.63) is 0 Å². The molecule has 1 saturated carbocycles. The van der Waals surface area contributed by atoms with Crippen molar-refractivity contribution in [3.63, 3.8) is 0 Å². The average Bonchev–Trinajstić information content (AvgIpc) is 2.80. The molecule has 1 aliphatic rings. The molecule has 1 rings (SSSR count). The third-order valence-electron chi connectivity index (χ3n) is 2.74. The Balaban J connectivity index is 2.66. The van der Waals surface area contributed by atoms with E-state index in [1.165, 1.54) is 0 Å². The fourth-order valence-electron chi connectivity index (χ4n) is 1.72. The predicted octanol–water partition coefficient (Wildman–Crippen LogP) is 1.31. The van der Waals surface area contributed by atoms with Crippen molar-refractivity contribution in [2.24, 2.45) is 11.8 Å². The molecule has 15 heavy (non-hydrogen) atoms. The van der Waals surface area contributed by atoms with Crippen LogP contribution in [0.2, 0.25) is 0 Å². The van der Waals surface area contributed by atoms with E-state index in [2.05, 4.69) is 0 Å².